The highest BCUT2D eigenvalue weighted by Crippen LogP contribution is 2.34. The molecule has 0 bridgehead atoms. The molecule has 1 aliphatic heterocycles. The van der Waals surface area contributed by atoms with Gasteiger partial charge in [0, 0.05) is 0 Å². The molecule has 1 aliphatic rings. The SMILES string of the molecule is Nc1ncnc2c1ncn2C1OC(CO)C(OP=O)C1O. The number of anilines is 1. The zero-order chi connectivity index (χ0) is 15.0. The maximum Gasteiger partial charge on any atom is 0.327 e. The maximum atomic E-state index is 10.6. The number of imidazole rings is 1. The van der Waals surface area contributed by atoms with Crippen molar-refractivity contribution in [1.29, 1.82) is 0 Å². The zero-order valence-corrected chi connectivity index (χ0v) is 11.5. The summed E-state index contributed by atoms with van der Waals surface area (Å²) in [6, 6.07) is 0. The number of ether oxygens (including phenoxy) is 1. The fourth-order valence-corrected chi connectivity index (χ4v) is 2.69. The highest BCUT2D eigenvalue weighted by Gasteiger charge is 2.46. The lowest BCUT2D eigenvalue weighted by Crippen LogP contribution is -2.34. The van der Waals surface area contributed by atoms with Crippen molar-refractivity contribution in [3.05, 3.63) is 12.7 Å². The quantitative estimate of drug-likeness (QED) is 0.620. The highest BCUT2D eigenvalue weighted by molar-refractivity contribution is 7.17. The van der Waals surface area contributed by atoms with Gasteiger partial charge >= 0.3 is 8.69 Å². The summed E-state index contributed by atoms with van der Waals surface area (Å²) in [5.74, 6) is 0.204. The fourth-order valence-electron chi connectivity index (χ4n) is 2.33. The average Bonchev–Trinajstić information content (AvgIpc) is 3.03. The largest absolute Gasteiger partial charge is 0.394 e. The van der Waals surface area contributed by atoms with Gasteiger partial charge in [-0.2, -0.15) is 0 Å². The molecule has 0 amide bonds. The first-order chi connectivity index (χ1) is 10.2. The van der Waals surface area contributed by atoms with Crippen molar-refractivity contribution in [3.63, 3.8) is 0 Å². The molecular formula is C10H12N5O5P. The summed E-state index contributed by atoms with van der Waals surface area (Å²) in [6.45, 7) is -0.391. The molecule has 3 heterocycles. The Morgan fingerprint density at radius 2 is 2.29 bits per heavy atom. The van der Waals surface area contributed by atoms with Crippen LogP contribution in [0.25, 0.3) is 11.2 Å². The Labute approximate surface area is 119 Å². The molecule has 4 N–H and O–H groups in total. The van der Waals surface area contributed by atoms with E-state index in [2.05, 4.69) is 15.0 Å². The Morgan fingerprint density at radius 3 is 3.00 bits per heavy atom. The molecule has 4 unspecified atom stereocenters. The molecule has 2 aromatic heterocycles. The molecule has 11 heteroatoms. The van der Waals surface area contributed by atoms with Crippen molar-refractivity contribution >= 4 is 25.7 Å². The Kier molecular flexibility index (Phi) is 3.79. The van der Waals surface area contributed by atoms with E-state index in [0.29, 0.717) is 11.2 Å². The third kappa shape index (κ3) is 2.27. The number of nitrogen functional groups attached to an aromatic ring is 1. The average molecular weight is 313 g/mol. The van der Waals surface area contributed by atoms with Crippen LogP contribution in [0, 0.1) is 0 Å². The summed E-state index contributed by atoms with van der Waals surface area (Å²) >= 11 is 0. The number of nitrogens with zero attached hydrogens (tertiary/aromatic N) is 4. The summed E-state index contributed by atoms with van der Waals surface area (Å²) in [6.07, 6.45) is -1.13. The van der Waals surface area contributed by atoms with E-state index in [1.54, 1.807) is 0 Å². The van der Waals surface area contributed by atoms with Crippen molar-refractivity contribution in [3.8, 4) is 0 Å². The Hall–Kier alpha value is -1.71. The summed E-state index contributed by atoms with van der Waals surface area (Å²) in [4.78, 5) is 12.0. The van der Waals surface area contributed by atoms with Gasteiger partial charge in [-0.05, 0) is 0 Å². The van der Waals surface area contributed by atoms with E-state index in [9.17, 15) is 14.8 Å². The summed E-state index contributed by atoms with van der Waals surface area (Å²) in [5, 5.41) is 19.5. The smallest absolute Gasteiger partial charge is 0.327 e. The summed E-state index contributed by atoms with van der Waals surface area (Å²) in [5.41, 5.74) is 6.45. The van der Waals surface area contributed by atoms with Gasteiger partial charge in [0.25, 0.3) is 0 Å². The number of aliphatic hydroxyl groups is 2. The van der Waals surface area contributed by atoms with Gasteiger partial charge in [0.1, 0.15) is 30.2 Å². The zero-order valence-electron chi connectivity index (χ0n) is 10.6. The van der Waals surface area contributed by atoms with E-state index in [4.69, 9.17) is 15.0 Å². The summed E-state index contributed by atoms with van der Waals surface area (Å²) < 4.78 is 22.5. The second kappa shape index (κ2) is 5.58. The van der Waals surface area contributed by atoms with Crippen LogP contribution >= 0.6 is 8.69 Å². The Balaban J connectivity index is 1.99. The van der Waals surface area contributed by atoms with Gasteiger partial charge in [0.05, 0.1) is 12.9 Å². The first-order valence-corrected chi connectivity index (χ1v) is 6.76. The van der Waals surface area contributed by atoms with E-state index in [1.807, 2.05) is 0 Å². The highest BCUT2D eigenvalue weighted by atomic mass is 31.1. The number of aliphatic hydroxyl groups excluding tert-OH is 2. The molecule has 3 rings (SSSR count). The lowest BCUT2D eigenvalue weighted by atomic mass is 10.1. The molecule has 0 radical (unpaired) electrons. The van der Waals surface area contributed by atoms with Gasteiger partial charge in [-0.3, -0.25) is 9.09 Å². The number of aromatic nitrogens is 4. The predicted octanol–water partition coefficient (Wildman–Crippen LogP) is -0.749. The monoisotopic (exact) mass is 313 g/mol. The van der Waals surface area contributed by atoms with Crippen LogP contribution in [0.2, 0.25) is 0 Å². The van der Waals surface area contributed by atoms with Crippen LogP contribution in [0.4, 0.5) is 5.82 Å². The first kappa shape index (κ1) is 14.2. The van der Waals surface area contributed by atoms with Crippen LogP contribution in [0.5, 0.6) is 0 Å². The van der Waals surface area contributed by atoms with E-state index < -0.39 is 39.8 Å². The predicted molar refractivity (Wildman–Crippen MR) is 69.2 cm³/mol. The minimum atomic E-state index is -1.16. The maximum absolute atomic E-state index is 10.6. The van der Waals surface area contributed by atoms with Crippen LogP contribution in [-0.2, 0) is 13.8 Å². The molecular weight excluding hydrogens is 301 g/mol. The van der Waals surface area contributed by atoms with Crippen LogP contribution < -0.4 is 5.73 Å². The van der Waals surface area contributed by atoms with Crippen molar-refractivity contribution in [2.45, 2.75) is 24.5 Å². The second-order valence-corrected chi connectivity index (χ2v) is 4.83. The Bertz CT molecular complexity index is 666. The molecule has 21 heavy (non-hydrogen) atoms. The van der Waals surface area contributed by atoms with Gasteiger partial charge < -0.3 is 20.7 Å². The number of fused-ring (bicyclic) bond motifs is 1. The van der Waals surface area contributed by atoms with Crippen LogP contribution in [-0.4, -0.2) is 54.7 Å². The van der Waals surface area contributed by atoms with E-state index >= 15 is 0 Å². The van der Waals surface area contributed by atoms with E-state index in [0.717, 1.165) is 0 Å². The molecule has 112 valence electrons. The molecule has 1 saturated heterocycles. The van der Waals surface area contributed by atoms with Crippen molar-refractivity contribution in [2.75, 3.05) is 12.3 Å². The third-order valence-corrected chi connectivity index (χ3v) is 3.64. The fraction of sp³-hybridized carbons (Fsp3) is 0.500. The molecule has 0 aromatic carbocycles. The number of hydrogen-bond acceptors (Lipinski definition) is 9. The van der Waals surface area contributed by atoms with Crippen molar-refractivity contribution in [2.24, 2.45) is 0 Å². The van der Waals surface area contributed by atoms with Crippen LogP contribution in [0.1, 0.15) is 6.23 Å². The minimum Gasteiger partial charge on any atom is -0.394 e. The lowest BCUT2D eigenvalue weighted by Gasteiger charge is -2.17. The van der Waals surface area contributed by atoms with E-state index in [1.165, 1.54) is 17.2 Å². The first-order valence-electron chi connectivity index (χ1n) is 6.03. The molecule has 0 saturated carbocycles. The van der Waals surface area contributed by atoms with E-state index in [-0.39, 0.29) is 5.82 Å². The van der Waals surface area contributed by atoms with Gasteiger partial charge in [-0.15, -0.1) is 0 Å². The van der Waals surface area contributed by atoms with Crippen molar-refractivity contribution in [1.82, 2.24) is 19.5 Å². The lowest BCUT2D eigenvalue weighted by molar-refractivity contribution is -0.0502. The van der Waals surface area contributed by atoms with Crippen molar-refractivity contribution < 1.29 is 24.0 Å². The topological polar surface area (TPSA) is 146 Å². The standard InChI is InChI=1S/C10H12N5O5P/c11-8-5-9(13-2-12-8)15(3-14-5)10-6(17)7(20-21-18)4(1-16)19-10/h2-4,6-7,10,16-17H,1H2,(H2,11,12,13). The van der Waals surface area contributed by atoms with Gasteiger partial charge in [0.15, 0.2) is 17.7 Å². The number of rotatable bonds is 4. The molecule has 1 fully saturated rings. The number of nitrogens with two attached hydrogens (primary N) is 1. The van der Waals surface area contributed by atoms with Gasteiger partial charge in [-0.1, -0.05) is 0 Å². The molecule has 0 spiro atoms. The molecule has 4 atom stereocenters. The van der Waals surface area contributed by atoms with Crippen LogP contribution in [0.15, 0.2) is 12.7 Å². The minimum absolute atomic E-state index is 0.204. The Morgan fingerprint density at radius 1 is 1.48 bits per heavy atom. The second-order valence-electron chi connectivity index (χ2n) is 4.47. The number of hydrogen-bond donors (Lipinski definition) is 3. The van der Waals surface area contributed by atoms with Gasteiger partial charge in [0.2, 0.25) is 0 Å². The van der Waals surface area contributed by atoms with Crippen LogP contribution in [0.3, 0.4) is 0 Å². The normalized spacial score (nSPS) is 29.4. The summed E-state index contributed by atoms with van der Waals surface area (Å²) in [7, 11) is -0.608. The van der Waals surface area contributed by atoms with Gasteiger partial charge in [-0.25, -0.2) is 19.5 Å². The molecule has 2 aromatic rings. The molecule has 10 nitrogen and oxygen atoms in total. The molecule has 0 aliphatic carbocycles. The third-order valence-electron chi connectivity index (χ3n) is 3.32.